The lowest BCUT2D eigenvalue weighted by molar-refractivity contribution is -0.117. The average Bonchev–Trinajstić information content (AvgIpc) is 3.54. The number of nitrogens with one attached hydrogen (secondary N) is 1. The Balaban J connectivity index is 1.31. The first-order chi connectivity index (χ1) is 15.1. The molecule has 7 nitrogen and oxygen atoms in total. The van der Waals surface area contributed by atoms with Gasteiger partial charge in [0, 0.05) is 43.7 Å². The van der Waals surface area contributed by atoms with Crippen LogP contribution in [0.5, 0.6) is 0 Å². The number of hydrogen-bond acceptors (Lipinski definition) is 5. The zero-order chi connectivity index (χ0) is 21.4. The van der Waals surface area contributed by atoms with E-state index in [9.17, 15) is 4.79 Å². The maximum absolute atomic E-state index is 12.1. The molecule has 0 bridgehead atoms. The summed E-state index contributed by atoms with van der Waals surface area (Å²) >= 11 is 0. The van der Waals surface area contributed by atoms with Gasteiger partial charge in [0.1, 0.15) is 0 Å². The van der Waals surface area contributed by atoms with Gasteiger partial charge in [-0.3, -0.25) is 19.9 Å². The molecule has 162 valence electrons. The van der Waals surface area contributed by atoms with Gasteiger partial charge in [-0.15, -0.1) is 5.10 Å². The molecule has 31 heavy (non-hydrogen) atoms. The van der Waals surface area contributed by atoms with E-state index in [0.29, 0.717) is 12.0 Å². The highest BCUT2D eigenvalue weighted by molar-refractivity contribution is 5.92. The number of likely N-dealkylation sites (N-methyl/N-ethyl adjacent to an activating group) is 1. The molecule has 2 aliphatic rings. The normalized spacial score (nSPS) is 20.3. The fourth-order valence-electron chi connectivity index (χ4n) is 4.46. The summed E-state index contributed by atoms with van der Waals surface area (Å²) in [4.78, 5) is 21.6. The van der Waals surface area contributed by atoms with E-state index in [0.717, 1.165) is 62.5 Å². The molecular formula is C24H30N6O. The van der Waals surface area contributed by atoms with Gasteiger partial charge in [-0.1, -0.05) is 37.3 Å². The van der Waals surface area contributed by atoms with Crippen LogP contribution in [0.3, 0.4) is 0 Å². The molecule has 1 aliphatic heterocycles. The molecular weight excluding hydrogens is 388 g/mol. The van der Waals surface area contributed by atoms with Crippen molar-refractivity contribution in [3.05, 3.63) is 48.0 Å². The highest BCUT2D eigenvalue weighted by Gasteiger charge is 2.30. The molecule has 0 unspecified atom stereocenters. The Bertz CT molecular complexity index is 1070. The highest BCUT2D eigenvalue weighted by Crippen LogP contribution is 2.30. The number of rotatable bonds is 6. The highest BCUT2D eigenvalue weighted by atomic mass is 16.2. The monoisotopic (exact) mass is 418 g/mol. The minimum Gasteiger partial charge on any atom is -0.298 e. The van der Waals surface area contributed by atoms with E-state index in [1.807, 2.05) is 22.7 Å². The van der Waals surface area contributed by atoms with Gasteiger partial charge < -0.3 is 0 Å². The Kier molecular flexibility index (Phi) is 5.46. The van der Waals surface area contributed by atoms with Crippen molar-refractivity contribution in [1.82, 2.24) is 24.4 Å². The number of carbonyl (C=O) groups is 1. The van der Waals surface area contributed by atoms with Gasteiger partial charge in [-0.2, -0.15) is 4.98 Å². The Morgan fingerprint density at radius 3 is 2.65 bits per heavy atom. The average molecular weight is 419 g/mol. The van der Waals surface area contributed by atoms with Crippen LogP contribution in [0.4, 0.5) is 5.95 Å². The Labute approximate surface area is 183 Å². The third kappa shape index (κ3) is 4.34. The first kappa shape index (κ1) is 20.2. The van der Waals surface area contributed by atoms with Crippen molar-refractivity contribution >= 4 is 17.5 Å². The van der Waals surface area contributed by atoms with Crippen molar-refractivity contribution in [2.45, 2.75) is 39.3 Å². The van der Waals surface area contributed by atoms with E-state index in [1.165, 1.54) is 5.56 Å². The molecule has 1 aliphatic carbocycles. The summed E-state index contributed by atoms with van der Waals surface area (Å²) in [6.45, 7) is 10.0. The second kappa shape index (κ2) is 8.40. The van der Waals surface area contributed by atoms with Crippen LogP contribution in [0, 0.1) is 5.92 Å². The zero-order valence-corrected chi connectivity index (χ0v) is 18.3. The van der Waals surface area contributed by atoms with E-state index < -0.39 is 0 Å². The summed E-state index contributed by atoms with van der Waals surface area (Å²) in [5, 5.41) is 7.39. The molecule has 1 saturated carbocycles. The number of hydrogen-bond donors (Lipinski definition) is 1. The predicted octanol–water partition coefficient (Wildman–Crippen LogP) is 3.27. The van der Waals surface area contributed by atoms with Crippen molar-refractivity contribution in [2.24, 2.45) is 5.92 Å². The molecule has 3 aromatic rings. The van der Waals surface area contributed by atoms with Crippen LogP contribution in [-0.2, 0) is 11.3 Å². The number of fused-ring (bicyclic) bond motifs is 1. The van der Waals surface area contributed by atoms with Gasteiger partial charge in [-0.25, -0.2) is 4.52 Å². The number of aromatic nitrogens is 3. The van der Waals surface area contributed by atoms with Crippen LogP contribution in [0.25, 0.3) is 16.9 Å². The summed E-state index contributed by atoms with van der Waals surface area (Å²) in [7, 11) is 0. The summed E-state index contributed by atoms with van der Waals surface area (Å²) < 4.78 is 1.81. The van der Waals surface area contributed by atoms with E-state index >= 15 is 0 Å². The smallest absolute Gasteiger partial charge is 0.249 e. The number of benzene rings is 1. The van der Waals surface area contributed by atoms with Gasteiger partial charge in [-0.05, 0) is 44.0 Å². The van der Waals surface area contributed by atoms with Gasteiger partial charge in [0.2, 0.25) is 11.9 Å². The Hall–Kier alpha value is -2.77. The number of piperazine rings is 1. The lowest BCUT2D eigenvalue weighted by atomic mass is 10.1. The fourth-order valence-corrected chi connectivity index (χ4v) is 4.46. The minimum atomic E-state index is 0.0240. The second-order valence-electron chi connectivity index (χ2n) is 8.79. The molecule has 0 spiro atoms. The number of anilines is 1. The maximum Gasteiger partial charge on any atom is 0.249 e. The topological polar surface area (TPSA) is 65.8 Å². The van der Waals surface area contributed by atoms with Crippen molar-refractivity contribution in [3.8, 4) is 11.3 Å². The first-order valence-electron chi connectivity index (χ1n) is 11.3. The summed E-state index contributed by atoms with van der Waals surface area (Å²) in [5.74, 6) is 0.531. The molecule has 2 aromatic heterocycles. The van der Waals surface area contributed by atoms with Crippen LogP contribution in [0.2, 0.25) is 0 Å². The molecule has 3 heterocycles. The molecule has 1 atom stereocenters. The SMILES string of the molecule is CCN1CCN(Cc2ccc(-c3cccc4nc(NC(=O)C5CC5)nn34)cc2)C[C@H]1C. The maximum atomic E-state index is 12.1. The molecule has 1 N–H and O–H groups in total. The molecule has 5 rings (SSSR count). The van der Waals surface area contributed by atoms with E-state index in [1.54, 1.807) is 0 Å². The van der Waals surface area contributed by atoms with E-state index in [-0.39, 0.29) is 11.8 Å². The number of nitrogens with zero attached hydrogens (tertiary/aromatic N) is 5. The third-order valence-corrected chi connectivity index (χ3v) is 6.45. The largest absolute Gasteiger partial charge is 0.298 e. The van der Waals surface area contributed by atoms with Crippen LogP contribution >= 0.6 is 0 Å². The Morgan fingerprint density at radius 1 is 1.13 bits per heavy atom. The van der Waals surface area contributed by atoms with Gasteiger partial charge in [0.15, 0.2) is 5.65 Å². The van der Waals surface area contributed by atoms with Crippen LogP contribution in [0.1, 0.15) is 32.3 Å². The summed E-state index contributed by atoms with van der Waals surface area (Å²) in [5.41, 5.74) is 4.11. The van der Waals surface area contributed by atoms with Gasteiger partial charge >= 0.3 is 0 Å². The fraction of sp³-hybridized carbons (Fsp3) is 0.458. The number of carbonyl (C=O) groups excluding carboxylic acids is 1. The third-order valence-electron chi connectivity index (χ3n) is 6.45. The van der Waals surface area contributed by atoms with Crippen molar-refractivity contribution in [2.75, 3.05) is 31.5 Å². The molecule has 2 fully saturated rings. The molecule has 1 amide bonds. The van der Waals surface area contributed by atoms with Crippen LogP contribution < -0.4 is 5.32 Å². The standard InChI is InChI=1S/C24H30N6O/c1-3-29-14-13-28(15-17(29)2)16-18-7-9-19(10-8-18)21-5-4-6-22-25-24(27-30(21)22)26-23(31)20-11-12-20/h4-10,17,20H,3,11-16H2,1-2H3,(H,26,27,31)/t17-/m1/s1. The molecule has 1 aromatic carbocycles. The molecule has 1 saturated heterocycles. The summed E-state index contributed by atoms with van der Waals surface area (Å²) in [6.07, 6.45) is 1.92. The van der Waals surface area contributed by atoms with Crippen molar-refractivity contribution in [3.63, 3.8) is 0 Å². The van der Waals surface area contributed by atoms with Crippen LogP contribution in [0.15, 0.2) is 42.5 Å². The quantitative estimate of drug-likeness (QED) is 0.666. The molecule has 0 radical (unpaired) electrons. The lowest BCUT2D eigenvalue weighted by Gasteiger charge is -2.39. The number of pyridine rings is 1. The van der Waals surface area contributed by atoms with Crippen molar-refractivity contribution < 1.29 is 4.79 Å². The minimum absolute atomic E-state index is 0.0240. The lowest BCUT2D eigenvalue weighted by Crippen LogP contribution is -2.51. The van der Waals surface area contributed by atoms with Crippen LogP contribution in [-0.4, -0.2) is 62.5 Å². The molecule has 7 heteroatoms. The van der Waals surface area contributed by atoms with E-state index in [2.05, 4.69) is 63.3 Å². The summed E-state index contributed by atoms with van der Waals surface area (Å²) in [6, 6.07) is 15.3. The number of amides is 1. The van der Waals surface area contributed by atoms with Crippen molar-refractivity contribution in [1.29, 1.82) is 0 Å². The van der Waals surface area contributed by atoms with Gasteiger partial charge in [0.05, 0.1) is 5.69 Å². The first-order valence-corrected chi connectivity index (χ1v) is 11.3. The predicted molar refractivity (Wildman–Crippen MR) is 122 cm³/mol. The second-order valence-corrected chi connectivity index (χ2v) is 8.79. The van der Waals surface area contributed by atoms with E-state index in [4.69, 9.17) is 0 Å². The van der Waals surface area contributed by atoms with Gasteiger partial charge in [0.25, 0.3) is 0 Å². The zero-order valence-electron chi connectivity index (χ0n) is 18.3. The Morgan fingerprint density at radius 2 is 1.94 bits per heavy atom.